The molecule has 1 aliphatic heterocycles. The minimum absolute atomic E-state index is 0.0103. The molecule has 5 nitrogen and oxygen atoms in total. The summed E-state index contributed by atoms with van der Waals surface area (Å²) in [5.74, 6) is 0.827. The van der Waals surface area contributed by atoms with E-state index >= 15 is 0 Å². The Morgan fingerprint density at radius 2 is 1.96 bits per heavy atom. The maximum absolute atomic E-state index is 12.9. The molecule has 1 amide bonds. The molecule has 3 atom stereocenters. The Morgan fingerprint density at radius 1 is 1.22 bits per heavy atom. The van der Waals surface area contributed by atoms with Crippen LogP contribution in [0.3, 0.4) is 0 Å². The molecule has 5 heteroatoms. The van der Waals surface area contributed by atoms with Crippen LogP contribution >= 0.6 is 0 Å². The maximum Gasteiger partial charge on any atom is 0.290 e. The quantitative estimate of drug-likeness (QED) is 0.946. The highest BCUT2D eigenvalue weighted by Gasteiger charge is 2.38. The zero-order valence-corrected chi connectivity index (χ0v) is 13.4. The predicted molar refractivity (Wildman–Crippen MR) is 86.8 cm³/mol. The third-order valence-corrected chi connectivity index (χ3v) is 4.31. The molecule has 2 heterocycles. The SMILES string of the molecule is C[C@@H]1CO[C@H](c2ccccc2)[C@H](C)N1C(=O)c1ccc(CN)o1. The number of carbonyl (C=O) groups is 1. The normalized spacial score (nSPS) is 24.7. The minimum Gasteiger partial charge on any atom is -0.455 e. The van der Waals surface area contributed by atoms with Crippen LogP contribution in [0.5, 0.6) is 0 Å². The zero-order chi connectivity index (χ0) is 16.4. The number of ether oxygens (including phenoxy) is 1. The molecule has 1 saturated heterocycles. The van der Waals surface area contributed by atoms with Gasteiger partial charge in [-0.3, -0.25) is 4.79 Å². The molecule has 2 aromatic rings. The summed E-state index contributed by atoms with van der Waals surface area (Å²) in [6.07, 6.45) is -0.139. The van der Waals surface area contributed by atoms with E-state index in [0.29, 0.717) is 18.1 Å². The Hall–Kier alpha value is -2.11. The number of morpholine rings is 1. The third-order valence-electron chi connectivity index (χ3n) is 4.31. The third kappa shape index (κ3) is 3.02. The molecule has 1 aromatic heterocycles. The van der Waals surface area contributed by atoms with Crippen molar-refractivity contribution in [1.82, 2.24) is 4.90 Å². The first-order valence-corrected chi connectivity index (χ1v) is 7.89. The lowest BCUT2D eigenvalue weighted by atomic mass is 9.98. The van der Waals surface area contributed by atoms with Crippen molar-refractivity contribution in [2.24, 2.45) is 5.73 Å². The van der Waals surface area contributed by atoms with E-state index < -0.39 is 0 Å². The minimum atomic E-state index is -0.139. The molecular weight excluding hydrogens is 292 g/mol. The molecule has 0 saturated carbocycles. The number of furan rings is 1. The first-order valence-electron chi connectivity index (χ1n) is 7.89. The van der Waals surface area contributed by atoms with Gasteiger partial charge in [0.25, 0.3) is 5.91 Å². The van der Waals surface area contributed by atoms with Crippen molar-refractivity contribution in [3.8, 4) is 0 Å². The van der Waals surface area contributed by atoms with E-state index in [1.165, 1.54) is 0 Å². The van der Waals surface area contributed by atoms with Crippen LogP contribution in [0.2, 0.25) is 0 Å². The second-order valence-electron chi connectivity index (χ2n) is 5.94. The number of carbonyl (C=O) groups excluding carboxylic acids is 1. The lowest BCUT2D eigenvalue weighted by molar-refractivity contribution is -0.0814. The standard InChI is InChI=1S/C18H22N2O3/c1-12-11-22-17(14-6-4-3-5-7-14)13(2)20(12)18(21)16-9-8-15(10-19)23-16/h3-9,12-13,17H,10-11,19H2,1-2H3/t12-,13+,17+/m1/s1. The van der Waals surface area contributed by atoms with Gasteiger partial charge in [0.1, 0.15) is 11.9 Å². The molecule has 0 bridgehead atoms. The van der Waals surface area contributed by atoms with Crippen LogP contribution in [0.25, 0.3) is 0 Å². The average molecular weight is 314 g/mol. The van der Waals surface area contributed by atoms with Crippen molar-refractivity contribution in [2.45, 2.75) is 38.6 Å². The van der Waals surface area contributed by atoms with Crippen molar-refractivity contribution in [1.29, 1.82) is 0 Å². The maximum atomic E-state index is 12.9. The van der Waals surface area contributed by atoms with Gasteiger partial charge in [0.05, 0.1) is 25.2 Å². The first kappa shape index (κ1) is 15.8. The summed E-state index contributed by atoms with van der Waals surface area (Å²) in [4.78, 5) is 14.7. The fraction of sp³-hybridized carbons (Fsp3) is 0.389. The number of hydrogen-bond acceptors (Lipinski definition) is 4. The van der Waals surface area contributed by atoms with E-state index in [9.17, 15) is 4.79 Å². The fourth-order valence-electron chi connectivity index (χ4n) is 3.14. The lowest BCUT2D eigenvalue weighted by Gasteiger charge is -2.43. The van der Waals surface area contributed by atoms with Gasteiger partial charge in [-0.2, -0.15) is 0 Å². The van der Waals surface area contributed by atoms with Gasteiger partial charge in [0.2, 0.25) is 0 Å². The van der Waals surface area contributed by atoms with Gasteiger partial charge < -0.3 is 19.8 Å². The van der Waals surface area contributed by atoms with Crippen LogP contribution in [0.4, 0.5) is 0 Å². The number of amides is 1. The molecular formula is C18H22N2O3. The highest BCUT2D eigenvalue weighted by atomic mass is 16.5. The van der Waals surface area contributed by atoms with Crippen LogP contribution in [-0.4, -0.2) is 29.5 Å². The highest BCUT2D eigenvalue weighted by molar-refractivity contribution is 5.92. The van der Waals surface area contributed by atoms with Crippen LogP contribution in [0, 0.1) is 0 Å². The molecule has 3 rings (SSSR count). The van der Waals surface area contributed by atoms with E-state index in [1.54, 1.807) is 12.1 Å². The second-order valence-corrected chi connectivity index (χ2v) is 5.94. The molecule has 122 valence electrons. The Kier molecular flexibility index (Phi) is 4.50. The van der Waals surface area contributed by atoms with Gasteiger partial charge in [-0.15, -0.1) is 0 Å². The van der Waals surface area contributed by atoms with Crippen LogP contribution in [-0.2, 0) is 11.3 Å². The highest BCUT2D eigenvalue weighted by Crippen LogP contribution is 2.32. The number of nitrogens with two attached hydrogens (primary N) is 1. The molecule has 0 unspecified atom stereocenters. The van der Waals surface area contributed by atoms with Crippen LogP contribution in [0.1, 0.15) is 41.8 Å². The van der Waals surface area contributed by atoms with Gasteiger partial charge in [0.15, 0.2) is 5.76 Å². The summed E-state index contributed by atoms with van der Waals surface area (Å²) in [6.45, 7) is 4.79. The van der Waals surface area contributed by atoms with Crippen molar-refractivity contribution in [3.05, 3.63) is 59.5 Å². The van der Waals surface area contributed by atoms with Crippen molar-refractivity contribution in [2.75, 3.05) is 6.61 Å². The van der Waals surface area contributed by atoms with Gasteiger partial charge >= 0.3 is 0 Å². The predicted octanol–water partition coefficient (Wildman–Crippen LogP) is 2.73. The second kappa shape index (κ2) is 6.56. The van der Waals surface area contributed by atoms with Crippen LogP contribution < -0.4 is 5.73 Å². The summed E-state index contributed by atoms with van der Waals surface area (Å²) in [5.41, 5.74) is 6.63. The van der Waals surface area contributed by atoms with Gasteiger partial charge in [-0.25, -0.2) is 0 Å². The Labute approximate surface area is 136 Å². The molecule has 0 aliphatic carbocycles. The number of hydrogen-bond donors (Lipinski definition) is 1. The zero-order valence-electron chi connectivity index (χ0n) is 13.4. The smallest absolute Gasteiger partial charge is 0.290 e. The average Bonchev–Trinajstić information content (AvgIpc) is 3.05. The lowest BCUT2D eigenvalue weighted by Crippen LogP contribution is -2.53. The summed E-state index contributed by atoms with van der Waals surface area (Å²) in [6, 6.07) is 13.3. The fourth-order valence-corrected chi connectivity index (χ4v) is 3.14. The van der Waals surface area contributed by atoms with E-state index in [-0.39, 0.29) is 30.6 Å². The number of rotatable bonds is 3. The summed E-state index contributed by atoms with van der Waals surface area (Å²) in [5, 5.41) is 0. The Morgan fingerprint density at radius 3 is 2.61 bits per heavy atom. The van der Waals surface area contributed by atoms with Crippen molar-refractivity contribution in [3.63, 3.8) is 0 Å². The van der Waals surface area contributed by atoms with E-state index in [4.69, 9.17) is 14.9 Å². The number of benzene rings is 1. The molecule has 1 fully saturated rings. The summed E-state index contributed by atoms with van der Waals surface area (Å²) in [7, 11) is 0. The van der Waals surface area contributed by atoms with Crippen molar-refractivity contribution < 1.29 is 13.9 Å². The Bertz CT molecular complexity index is 668. The molecule has 23 heavy (non-hydrogen) atoms. The van der Waals surface area contributed by atoms with E-state index in [2.05, 4.69) is 0 Å². The molecule has 2 N–H and O–H groups in total. The van der Waals surface area contributed by atoms with E-state index in [1.807, 2.05) is 49.1 Å². The molecule has 1 aromatic carbocycles. The number of nitrogens with zero attached hydrogens (tertiary/aromatic N) is 1. The first-order chi connectivity index (χ1) is 11.1. The monoisotopic (exact) mass is 314 g/mol. The van der Waals surface area contributed by atoms with Gasteiger partial charge in [-0.05, 0) is 31.5 Å². The molecule has 0 spiro atoms. The van der Waals surface area contributed by atoms with Crippen LogP contribution in [0.15, 0.2) is 46.9 Å². The van der Waals surface area contributed by atoms with E-state index in [0.717, 1.165) is 5.56 Å². The largest absolute Gasteiger partial charge is 0.455 e. The van der Waals surface area contributed by atoms with Gasteiger partial charge in [-0.1, -0.05) is 30.3 Å². The molecule has 0 radical (unpaired) electrons. The van der Waals surface area contributed by atoms with Gasteiger partial charge in [0, 0.05) is 0 Å². The van der Waals surface area contributed by atoms with Crippen molar-refractivity contribution >= 4 is 5.91 Å². The Balaban J connectivity index is 1.85. The summed E-state index contributed by atoms with van der Waals surface area (Å²) < 4.78 is 11.5. The molecule has 1 aliphatic rings. The topological polar surface area (TPSA) is 68.7 Å². The summed E-state index contributed by atoms with van der Waals surface area (Å²) >= 11 is 0.